The highest BCUT2D eigenvalue weighted by Crippen LogP contribution is 2.39. The molecule has 2 unspecified atom stereocenters. The van der Waals surface area contributed by atoms with Crippen LogP contribution in [0.25, 0.3) is 0 Å². The molecule has 2 saturated carbocycles. The second kappa shape index (κ2) is 7.04. The number of ketones is 1. The third-order valence-electron chi connectivity index (χ3n) is 5.06. The molecule has 0 amide bonds. The van der Waals surface area contributed by atoms with Crippen LogP contribution in [-0.4, -0.2) is 19.0 Å². The van der Waals surface area contributed by atoms with Crippen molar-refractivity contribution in [2.75, 3.05) is 7.11 Å². The van der Waals surface area contributed by atoms with Gasteiger partial charge in [-0.3, -0.25) is 4.79 Å². The molecule has 1 aromatic carbocycles. The predicted octanol–water partition coefficient (Wildman–Crippen LogP) is 3.99. The van der Waals surface area contributed by atoms with Crippen molar-refractivity contribution in [3.63, 3.8) is 0 Å². The summed E-state index contributed by atoms with van der Waals surface area (Å²) in [5.74, 6) is 1.41. The topological polar surface area (TPSA) is 59.3 Å². The summed E-state index contributed by atoms with van der Waals surface area (Å²) < 4.78 is 11.6. The molecule has 3 rings (SSSR count). The third-order valence-corrected chi connectivity index (χ3v) is 5.06. The smallest absolute Gasteiger partial charge is 0.161 e. The molecule has 2 aliphatic rings. The Morgan fingerprint density at radius 2 is 1.96 bits per heavy atom. The second-order valence-electron chi connectivity index (χ2n) is 6.55. The Balaban J connectivity index is 1.79. The fraction of sp³-hybridized carbons (Fsp3) is 0.579. The van der Waals surface area contributed by atoms with E-state index < -0.39 is 5.92 Å². The Bertz CT molecular complexity index is 614. The molecule has 1 aromatic rings. The highest BCUT2D eigenvalue weighted by Gasteiger charge is 2.30. The maximum atomic E-state index is 11.7. The Morgan fingerprint density at radius 3 is 2.65 bits per heavy atom. The molecule has 0 N–H and O–H groups in total. The average molecular weight is 313 g/mol. The van der Waals surface area contributed by atoms with Gasteiger partial charge < -0.3 is 9.47 Å². The molecule has 2 atom stereocenters. The molecule has 0 aliphatic heterocycles. The van der Waals surface area contributed by atoms with E-state index in [-0.39, 0.29) is 17.8 Å². The molecular weight excluding hydrogens is 290 g/mol. The lowest BCUT2D eigenvalue weighted by Gasteiger charge is -2.25. The van der Waals surface area contributed by atoms with Crippen LogP contribution in [-0.2, 0) is 4.79 Å². The maximum Gasteiger partial charge on any atom is 0.161 e. The zero-order chi connectivity index (χ0) is 16.2. The molecule has 23 heavy (non-hydrogen) atoms. The maximum absolute atomic E-state index is 11.7. The normalized spacial score (nSPS) is 25.1. The van der Waals surface area contributed by atoms with Gasteiger partial charge in [-0.05, 0) is 62.1 Å². The highest BCUT2D eigenvalue weighted by molar-refractivity contribution is 5.84. The van der Waals surface area contributed by atoms with E-state index in [1.807, 2.05) is 18.2 Å². The molecule has 4 nitrogen and oxygen atoms in total. The van der Waals surface area contributed by atoms with Crippen molar-refractivity contribution in [3.8, 4) is 17.6 Å². The van der Waals surface area contributed by atoms with Crippen molar-refractivity contribution < 1.29 is 14.3 Å². The van der Waals surface area contributed by atoms with Gasteiger partial charge in [-0.1, -0.05) is 6.07 Å². The molecule has 0 bridgehead atoms. The number of nitriles is 1. The number of hydrogen-bond acceptors (Lipinski definition) is 4. The number of carbonyl (C=O) groups excluding carboxylic acids is 1. The largest absolute Gasteiger partial charge is 0.493 e. The number of carbonyl (C=O) groups is 1. The van der Waals surface area contributed by atoms with E-state index in [2.05, 4.69) is 6.07 Å². The van der Waals surface area contributed by atoms with Crippen LogP contribution >= 0.6 is 0 Å². The fourth-order valence-corrected chi connectivity index (χ4v) is 3.68. The number of nitrogens with zero attached hydrogens (tertiary/aromatic N) is 1. The van der Waals surface area contributed by atoms with E-state index in [4.69, 9.17) is 14.7 Å². The minimum Gasteiger partial charge on any atom is -0.493 e. The minimum absolute atomic E-state index is 0.0830. The minimum atomic E-state index is -0.463. The van der Waals surface area contributed by atoms with Gasteiger partial charge in [0, 0.05) is 6.42 Å². The van der Waals surface area contributed by atoms with E-state index in [1.165, 1.54) is 12.8 Å². The number of benzene rings is 1. The molecule has 0 heterocycles. The van der Waals surface area contributed by atoms with Gasteiger partial charge in [0.2, 0.25) is 0 Å². The average Bonchev–Trinajstić information content (AvgIpc) is 3.08. The van der Waals surface area contributed by atoms with Gasteiger partial charge in [0.05, 0.1) is 19.3 Å². The lowest BCUT2D eigenvalue weighted by Crippen LogP contribution is -2.22. The van der Waals surface area contributed by atoms with Crippen LogP contribution in [0.4, 0.5) is 0 Å². The number of Topliss-reactive ketones (excluding diaryl/α,β-unsaturated/α-hetero) is 1. The van der Waals surface area contributed by atoms with E-state index in [0.29, 0.717) is 12.8 Å². The van der Waals surface area contributed by atoms with Gasteiger partial charge in [-0.15, -0.1) is 0 Å². The summed E-state index contributed by atoms with van der Waals surface area (Å²) in [6, 6.07) is 8.17. The number of rotatable bonds is 4. The standard InChI is InChI=1S/C19H23NO3/c1-22-18-9-7-14(11-19(18)23-16-4-2-3-5-16)13-6-8-17(21)15(10-13)12-20/h7,9,11,13,15-16H,2-6,8,10H2,1H3. The van der Waals surface area contributed by atoms with Crippen molar-refractivity contribution in [2.45, 2.75) is 57.0 Å². The zero-order valence-corrected chi connectivity index (χ0v) is 13.6. The summed E-state index contributed by atoms with van der Waals surface area (Å²) in [5, 5.41) is 9.14. The predicted molar refractivity (Wildman–Crippen MR) is 86.6 cm³/mol. The number of ether oxygens (including phenoxy) is 2. The van der Waals surface area contributed by atoms with Crippen molar-refractivity contribution >= 4 is 5.78 Å². The summed E-state index contributed by atoms with van der Waals surface area (Å²) in [7, 11) is 1.65. The molecule has 0 aromatic heterocycles. The fourth-order valence-electron chi connectivity index (χ4n) is 3.68. The third kappa shape index (κ3) is 3.50. The van der Waals surface area contributed by atoms with Crippen LogP contribution in [0.2, 0.25) is 0 Å². The van der Waals surface area contributed by atoms with Crippen molar-refractivity contribution in [1.29, 1.82) is 5.26 Å². The van der Waals surface area contributed by atoms with Crippen LogP contribution in [0.1, 0.15) is 56.4 Å². The summed E-state index contributed by atoms with van der Waals surface area (Å²) in [6.07, 6.45) is 6.84. The highest BCUT2D eigenvalue weighted by atomic mass is 16.5. The number of methoxy groups -OCH3 is 1. The molecule has 0 radical (unpaired) electrons. The van der Waals surface area contributed by atoms with E-state index in [9.17, 15) is 4.79 Å². The van der Waals surface area contributed by atoms with E-state index >= 15 is 0 Å². The monoisotopic (exact) mass is 313 g/mol. The van der Waals surface area contributed by atoms with Gasteiger partial charge in [0.1, 0.15) is 11.7 Å². The van der Waals surface area contributed by atoms with Crippen LogP contribution in [0.5, 0.6) is 11.5 Å². The van der Waals surface area contributed by atoms with Crippen LogP contribution in [0.3, 0.4) is 0 Å². The lowest BCUT2D eigenvalue weighted by molar-refractivity contribution is -0.123. The summed E-state index contributed by atoms with van der Waals surface area (Å²) >= 11 is 0. The molecule has 0 spiro atoms. The van der Waals surface area contributed by atoms with Crippen molar-refractivity contribution in [2.24, 2.45) is 5.92 Å². The first-order valence-electron chi connectivity index (χ1n) is 8.48. The van der Waals surface area contributed by atoms with Gasteiger partial charge in [0.25, 0.3) is 0 Å². The molecule has 2 fully saturated rings. The van der Waals surface area contributed by atoms with Gasteiger partial charge in [-0.25, -0.2) is 0 Å². The lowest BCUT2D eigenvalue weighted by atomic mass is 9.78. The molecule has 122 valence electrons. The van der Waals surface area contributed by atoms with Crippen molar-refractivity contribution in [1.82, 2.24) is 0 Å². The number of hydrogen-bond donors (Lipinski definition) is 0. The van der Waals surface area contributed by atoms with Gasteiger partial charge in [-0.2, -0.15) is 5.26 Å². The Morgan fingerprint density at radius 1 is 1.17 bits per heavy atom. The first-order valence-corrected chi connectivity index (χ1v) is 8.48. The van der Waals surface area contributed by atoms with Gasteiger partial charge >= 0.3 is 0 Å². The first kappa shape index (κ1) is 15.9. The molecule has 2 aliphatic carbocycles. The second-order valence-corrected chi connectivity index (χ2v) is 6.55. The summed E-state index contributed by atoms with van der Waals surface area (Å²) in [4.78, 5) is 11.7. The zero-order valence-electron chi connectivity index (χ0n) is 13.6. The molecule has 4 heteroatoms. The Labute approximate surface area is 137 Å². The Hall–Kier alpha value is -2.02. The summed E-state index contributed by atoms with van der Waals surface area (Å²) in [5.41, 5.74) is 1.14. The first-order chi connectivity index (χ1) is 11.2. The molecule has 0 saturated heterocycles. The van der Waals surface area contributed by atoms with Crippen molar-refractivity contribution in [3.05, 3.63) is 23.8 Å². The van der Waals surface area contributed by atoms with Gasteiger partial charge in [0.15, 0.2) is 11.5 Å². The van der Waals surface area contributed by atoms with E-state index in [0.717, 1.165) is 36.3 Å². The van der Waals surface area contributed by atoms with Crippen LogP contribution < -0.4 is 9.47 Å². The Kier molecular flexibility index (Phi) is 4.85. The SMILES string of the molecule is COc1ccc(C2CCC(=O)C(C#N)C2)cc1OC1CCCC1. The summed E-state index contributed by atoms with van der Waals surface area (Å²) in [6.45, 7) is 0. The van der Waals surface area contributed by atoms with E-state index in [1.54, 1.807) is 7.11 Å². The molecular formula is C19H23NO3. The quantitative estimate of drug-likeness (QED) is 0.843. The van der Waals surface area contributed by atoms with Crippen LogP contribution in [0.15, 0.2) is 18.2 Å². The van der Waals surface area contributed by atoms with Crippen LogP contribution in [0, 0.1) is 17.2 Å².